The van der Waals surface area contributed by atoms with E-state index < -0.39 is 5.82 Å². The summed E-state index contributed by atoms with van der Waals surface area (Å²) in [4.78, 5) is 13.5. The first-order valence-electron chi connectivity index (χ1n) is 7.30. The molecular weight excluding hydrogens is 297 g/mol. The first-order chi connectivity index (χ1) is 11.0. The first kappa shape index (κ1) is 15.2. The molecule has 2 aromatic rings. The van der Waals surface area contributed by atoms with Crippen molar-refractivity contribution in [2.75, 3.05) is 14.1 Å². The van der Waals surface area contributed by atoms with Crippen LogP contribution in [0.1, 0.15) is 21.5 Å². The summed E-state index contributed by atoms with van der Waals surface area (Å²) in [6.45, 7) is 0.509. The second-order valence-electron chi connectivity index (χ2n) is 5.79. The number of phenols is 1. The Hall–Kier alpha value is -2.66. The molecule has 0 fully saturated rings. The van der Waals surface area contributed by atoms with E-state index in [-0.39, 0.29) is 22.9 Å². The van der Waals surface area contributed by atoms with Gasteiger partial charge >= 0.3 is 0 Å². The second kappa shape index (κ2) is 5.85. The highest BCUT2D eigenvalue weighted by molar-refractivity contribution is 6.15. The van der Waals surface area contributed by atoms with Gasteiger partial charge in [-0.2, -0.15) is 0 Å². The Morgan fingerprint density at radius 1 is 1.22 bits per heavy atom. The number of hydrogen-bond acceptors (Lipinski definition) is 3. The van der Waals surface area contributed by atoms with Crippen molar-refractivity contribution < 1.29 is 23.9 Å². The number of carbonyl (C=O) groups excluding carboxylic acids is 1. The third kappa shape index (κ3) is 2.83. The van der Waals surface area contributed by atoms with Crippen LogP contribution in [-0.2, 0) is 6.54 Å². The minimum Gasteiger partial charge on any atom is -0.507 e. The molecule has 23 heavy (non-hydrogen) atoms. The maximum absolute atomic E-state index is 13.8. The van der Waals surface area contributed by atoms with Gasteiger partial charge in [0, 0.05) is 5.56 Å². The third-order valence-corrected chi connectivity index (χ3v) is 3.64. The van der Waals surface area contributed by atoms with E-state index in [9.17, 15) is 14.3 Å². The highest BCUT2D eigenvalue weighted by Gasteiger charge is 2.32. The predicted octanol–water partition coefficient (Wildman–Crippen LogP) is 1.79. The Balaban J connectivity index is 2.04. The van der Waals surface area contributed by atoms with E-state index in [0.29, 0.717) is 23.4 Å². The van der Waals surface area contributed by atoms with Crippen LogP contribution in [0.3, 0.4) is 0 Å². The molecule has 1 heterocycles. The van der Waals surface area contributed by atoms with E-state index in [1.54, 1.807) is 18.2 Å². The van der Waals surface area contributed by atoms with Crippen LogP contribution >= 0.6 is 0 Å². The van der Waals surface area contributed by atoms with Gasteiger partial charge < -0.3 is 14.7 Å². The Morgan fingerprint density at radius 2 is 1.96 bits per heavy atom. The molecule has 3 rings (SSSR count). The molecular formula is C18H17FNO3+. The van der Waals surface area contributed by atoms with Crippen molar-refractivity contribution in [1.29, 1.82) is 0 Å². The van der Waals surface area contributed by atoms with Crippen LogP contribution in [0, 0.1) is 5.82 Å². The molecule has 0 aliphatic carbocycles. The van der Waals surface area contributed by atoms with Crippen molar-refractivity contribution in [3.05, 3.63) is 64.7 Å². The zero-order valence-electron chi connectivity index (χ0n) is 12.9. The summed E-state index contributed by atoms with van der Waals surface area (Å²) in [6.07, 6.45) is 1.39. The summed E-state index contributed by atoms with van der Waals surface area (Å²) in [7, 11) is 3.87. The number of carbonyl (C=O) groups is 1. The van der Waals surface area contributed by atoms with Gasteiger partial charge in [-0.3, -0.25) is 4.79 Å². The van der Waals surface area contributed by atoms with Crippen LogP contribution in [0.25, 0.3) is 6.08 Å². The van der Waals surface area contributed by atoms with Crippen molar-refractivity contribution in [2.24, 2.45) is 0 Å². The number of ketones is 1. The number of phenolic OH excluding ortho intramolecular Hbond substituents is 1. The molecule has 0 spiro atoms. The van der Waals surface area contributed by atoms with E-state index in [4.69, 9.17) is 4.74 Å². The number of ether oxygens (including phenoxy) is 1. The number of Topliss-reactive ketones (excluding diaryl/α,β-unsaturated/α-hetero) is 1. The van der Waals surface area contributed by atoms with Crippen molar-refractivity contribution in [1.82, 2.24) is 0 Å². The number of benzene rings is 2. The minimum atomic E-state index is -0.423. The number of fused-ring (bicyclic) bond motifs is 1. The Labute approximate surface area is 133 Å². The molecule has 0 unspecified atom stereocenters. The molecule has 0 amide bonds. The lowest BCUT2D eigenvalue weighted by Crippen LogP contribution is -3.04. The Kier molecular flexibility index (Phi) is 3.88. The highest BCUT2D eigenvalue weighted by atomic mass is 19.1. The van der Waals surface area contributed by atoms with Gasteiger partial charge in [0.1, 0.15) is 18.1 Å². The monoisotopic (exact) mass is 314 g/mol. The maximum atomic E-state index is 13.8. The largest absolute Gasteiger partial charge is 0.507 e. The SMILES string of the molecule is C[NH+](C)Cc1c(O)ccc2c1O/C(=C\c1ccccc1F)C2=O. The van der Waals surface area contributed by atoms with Gasteiger partial charge in [-0.25, -0.2) is 4.39 Å². The normalized spacial score (nSPS) is 15.1. The summed E-state index contributed by atoms with van der Waals surface area (Å²) in [6, 6.07) is 9.19. The number of halogens is 1. The van der Waals surface area contributed by atoms with Crippen LogP contribution in [0.15, 0.2) is 42.2 Å². The molecule has 2 aromatic carbocycles. The second-order valence-corrected chi connectivity index (χ2v) is 5.79. The number of allylic oxidation sites excluding steroid dienone is 1. The van der Waals surface area contributed by atoms with Gasteiger partial charge in [0.25, 0.3) is 0 Å². The van der Waals surface area contributed by atoms with Crippen molar-refractivity contribution in [2.45, 2.75) is 6.54 Å². The summed E-state index contributed by atoms with van der Waals surface area (Å²) in [5.41, 5.74) is 1.25. The summed E-state index contributed by atoms with van der Waals surface area (Å²) in [5, 5.41) is 10.0. The Bertz CT molecular complexity index is 812. The fraction of sp³-hybridized carbons (Fsp3) is 0.167. The standard InChI is InChI=1S/C18H16FNO3/c1-20(2)10-13-15(21)8-7-12-17(22)16(23-18(12)13)9-11-5-3-4-6-14(11)19/h3-9,21H,10H2,1-2H3/p+1/b16-9-. The average molecular weight is 314 g/mol. The van der Waals surface area contributed by atoms with E-state index in [1.165, 1.54) is 24.3 Å². The summed E-state index contributed by atoms with van der Waals surface area (Å²) in [5.74, 6) is -0.221. The topological polar surface area (TPSA) is 51.0 Å². The molecule has 1 aliphatic rings. The summed E-state index contributed by atoms with van der Waals surface area (Å²) >= 11 is 0. The van der Waals surface area contributed by atoms with Gasteiger partial charge in [0.2, 0.25) is 5.78 Å². The lowest BCUT2D eigenvalue weighted by Gasteiger charge is -2.12. The fourth-order valence-electron chi connectivity index (χ4n) is 2.55. The molecule has 1 aliphatic heterocycles. The number of nitrogens with one attached hydrogen (secondary N) is 1. The quantitative estimate of drug-likeness (QED) is 0.849. The summed E-state index contributed by atoms with van der Waals surface area (Å²) < 4.78 is 19.4. The minimum absolute atomic E-state index is 0.0608. The zero-order chi connectivity index (χ0) is 16.6. The lowest BCUT2D eigenvalue weighted by molar-refractivity contribution is -0.872. The molecule has 0 bridgehead atoms. The lowest BCUT2D eigenvalue weighted by atomic mass is 10.0. The van der Waals surface area contributed by atoms with Crippen LogP contribution in [-0.4, -0.2) is 25.0 Å². The number of aromatic hydroxyl groups is 1. The first-order valence-corrected chi connectivity index (χ1v) is 7.30. The fourth-order valence-corrected chi connectivity index (χ4v) is 2.55. The van der Waals surface area contributed by atoms with Crippen molar-refractivity contribution in [3.63, 3.8) is 0 Å². The van der Waals surface area contributed by atoms with E-state index in [2.05, 4.69) is 0 Å². The number of rotatable bonds is 3. The van der Waals surface area contributed by atoms with Crippen LogP contribution < -0.4 is 9.64 Å². The molecule has 5 heteroatoms. The molecule has 0 saturated carbocycles. The van der Waals surface area contributed by atoms with Gasteiger partial charge in [-0.05, 0) is 24.3 Å². The molecule has 0 radical (unpaired) electrons. The van der Waals surface area contributed by atoms with Gasteiger partial charge in [0.05, 0.1) is 25.2 Å². The van der Waals surface area contributed by atoms with E-state index >= 15 is 0 Å². The van der Waals surface area contributed by atoms with Crippen molar-refractivity contribution >= 4 is 11.9 Å². The molecule has 0 aromatic heterocycles. The van der Waals surface area contributed by atoms with Crippen LogP contribution in [0.4, 0.5) is 4.39 Å². The van der Waals surface area contributed by atoms with Gasteiger partial charge in [-0.15, -0.1) is 0 Å². The van der Waals surface area contributed by atoms with Crippen LogP contribution in [0.2, 0.25) is 0 Å². The van der Waals surface area contributed by atoms with Crippen molar-refractivity contribution in [3.8, 4) is 11.5 Å². The van der Waals surface area contributed by atoms with Gasteiger partial charge in [-0.1, -0.05) is 18.2 Å². The molecule has 118 valence electrons. The molecule has 0 saturated heterocycles. The van der Waals surface area contributed by atoms with E-state index in [0.717, 1.165) is 4.90 Å². The van der Waals surface area contributed by atoms with E-state index in [1.807, 2.05) is 14.1 Å². The smallest absolute Gasteiger partial charge is 0.231 e. The highest BCUT2D eigenvalue weighted by Crippen LogP contribution is 2.39. The molecule has 2 N–H and O–H groups in total. The number of hydrogen-bond donors (Lipinski definition) is 2. The Morgan fingerprint density at radius 3 is 2.65 bits per heavy atom. The molecule has 0 atom stereocenters. The van der Waals surface area contributed by atoms with Crippen LogP contribution in [0.5, 0.6) is 11.5 Å². The van der Waals surface area contributed by atoms with Gasteiger partial charge in [0.15, 0.2) is 11.5 Å². The third-order valence-electron chi connectivity index (χ3n) is 3.64. The zero-order valence-corrected chi connectivity index (χ0v) is 12.9. The number of quaternary nitrogens is 1. The maximum Gasteiger partial charge on any atom is 0.231 e. The molecule has 4 nitrogen and oxygen atoms in total. The predicted molar refractivity (Wildman–Crippen MR) is 84.0 cm³/mol. The average Bonchev–Trinajstić information content (AvgIpc) is 2.81.